The summed E-state index contributed by atoms with van der Waals surface area (Å²) in [5.41, 5.74) is -0.387. The average Bonchev–Trinajstić information content (AvgIpc) is 2.31. The molecule has 2 N–H and O–H groups in total. The number of rotatable bonds is 1. The molecule has 1 heterocycles. The fraction of sp³-hybridized carbons (Fsp3) is 0.400. The van der Waals surface area contributed by atoms with Crippen LogP contribution in [-0.2, 0) is 0 Å². The first-order valence-corrected chi connectivity index (χ1v) is 3.65. The molecule has 0 amide bonds. The molecule has 0 radical (unpaired) electrons. The highest BCUT2D eigenvalue weighted by molar-refractivity contribution is 9.10. The number of aliphatic hydroxyl groups excluding tert-OH is 1. The van der Waals surface area contributed by atoms with Crippen molar-refractivity contribution in [2.45, 2.75) is 12.3 Å². The molecule has 0 aliphatic heterocycles. The number of halogens is 4. The van der Waals surface area contributed by atoms with Crippen molar-refractivity contribution in [2.24, 2.45) is 0 Å². The van der Waals surface area contributed by atoms with Crippen molar-refractivity contribution in [2.75, 3.05) is 0 Å². The molecule has 1 aromatic heterocycles. The maximum atomic E-state index is 11.9. The molecule has 0 spiro atoms. The minimum atomic E-state index is -4.67. The SMILES string of the molecule is OC(c1[nH]ncc1Br)C(F)(F)F. The lowest BCUT2D eigenvalue weighted by Gasteiger charge is -2.12. The van der Waals surface area contributed by atoms with Gasteiger partial charge in [-0.1, -0.05) is 0 Å². The number of nitrogens with one attached hydrogen (secondary N) is 1. The molecule has 1 atom stereocenters. The Balaban J connectivity index is 2.92. The van der Waals surface area contributed by atoms with E-state index in [-0.39, 0.29) is 10.2 Å². The molecule has 68 valence electrons. The van der Waals surface area contributed by atoms with Crippen molar-refractivity contribution in [1.82, 2.24) is 10.2 Å². The molecule has 0 bridgehead atoms. The van der Waals surface area contributed by atoms with E-state index in [2.05, 4.69) is 21.0 Å². The van der Waals surface area contributed by atoms with Crippen molar-refractivity contribution in [3.8, 4) is 0 Å². The van der Waals surface area contributed by atoms with E-state index in [4.69, 9.17) is 5.11 Å². The van der Waals surface area contributed by atoms with Gasteiger partial charge in [-0.15, -0.1) is 0 Å². The van der Waals surface area contributed by atoms with E-state index >= 15 is 0 Å². The van der Waals surface area contributed by atoms with Crippen LogP contribution in [0.25, 0.3) is 0 Å². The summed E-state index contributed by atoms with van der Waals surface area (Å²) in [5, 5.41) is 14.1. The van der Waals surface area contributed by atoms with E-state index in [0.717, 1.165) is 6.20 Å². The third kappa shape index (κ3) is 1.78. The van der Waals surface area contributed by atoms with E-state index in [1.54, 1.807) is 0 Å². The predicted octanol–water partition coefficient (Wildman–Crippen LogP) is 1.77. The van der Waals surface area contributed by atoms with E-state index in [1.165, 1.54) is 0 Å². The first-order chi connectivity index (χ1) is 5.43. The van der Waals surface area contributed by atoms with Gasteiger partial charge in [0.05, 0.1) is 16.4 Å². The first kappa shape index (κ1) is 9.53. The van der Waals surface area contributed by atoms with E-state index < -0.39 is 12.3 Å². The maximum absolute atomic E-state index is 11.9. The number of hydrogen-bond acceptors (Lipinski definition) is 2. The van der Waals surface area contributed by atoms with Crippen LogP contribution in [0.5, 0.6) is 0 Å². The number of nitrogens with zero attached hydrogens (tertiary/aromatic N) is 1. The number of hydrogen-bond donors (Lipinski definition) is 2. The second kappa shape index (κ2) is 3.06. The second-order valence-electron chi connectivity index (χ2n) is 2.08. The Bertz CT molecular complexity index is 272. The molecular formula is C5H4BrF3N2O. The first-order valence-electron chi connectivity index (χ1n) is 2.86. The minimum Gasteiger partial charge on any atom is -0.378 e. The standard InChI is InChI=1S/C5H4BrF3N2O/c6-2-1-10-11-3(2)4(12)5(7,8)9/h1,4,12H,(H,10,11). The van der Waals surface area contributed by atoms with Gasteiger partial charge in [0, 0.05) is 0 Å². The summed E-state index contributed by atoms with van der Waals surface area (Å²) in [6, 6.07) is 0. The van der Waals surface area contributed by atoms with Crippen LogP contribution in [0.2, 0.25) is 0 Å². The van der Waals surface area contributed by atoms with E-state index in [1.807, 2.05) is 5.10 Å². The van der Waals surface area contributed by atoms with Gasteiger partial charge in [-0.25, -0.2) is 0 Å². The van der Waals surface area contributed by atoms with E-state index in [0.29, 0.717) is 0 Å². The summed E-state index contributed by atoms with van der Waals surface area (Å²) in [7, 11) is 0. The van der Waals surface area contributed by atoms with E-state index in [9.17, 15) is 13.2 Å². The highest BCUT2D eigenvalue weighted by Gasteiger charge is 2.41. The smallest absolute Gasteiger partial charge is 0.378 e. The monoisotopic (exact) mass is 244 g/mol. The summed E-state index contributed by atoms with van der Waals surface area (Å²) >= 11 is 2.81. The zero-order chi connectivity index (χ0) is 9.35. The molecule has 1 unspecified atom stereocenters. The molecule has 0 aliphatic carbocycles. The Hall–Kier alpha value is -0.560. The number of H-pyrrole nitrogens is 1. The summed E-state index contributed by atoms with van der Waals surface area (Å²) in [4.78, 5) is 0. The average molecular weight is 245 g/mol. The van der Waals surface area contributed by atoms with Gasteiger partial charge in [0.2, 0.25) is 0 Å². The van der Waals surface area contributed by atoms with Crippen molar-refractivity contribution in [1.29, 1.82) is 0 Å². The van der Waals surface area contributed by atoms with Gasteiger partial charge in [0.1, 0.15) is 0 Å². The molecule has 0 saturated heterocycles. The van der Waals surface area contributed by atoms with Crippen LogP contribution in [-0.4, -0.2) is 21.5 Å². The van der Waals surface area contributed by atoms with Gasteiger partial charge in [-0.2, -0.15) is 18.3 Å². The van der Waals surface area contributed by atoms with Crippen LogP contribution >= 0.6 is 15.9 Å². The van der Waals surface area contributed by atoms with Crippen LogP contribution in [0.3, 0.4) is 0 Å². The van der Waals surface area contributed by atoms with Crippen LogP contribution in [0.1, 0.15) is 11.8 Å². The quantitative estimate of drug-likeness (QED) is 0.791. The number of alkyl halides is 3. The largest absolute Gasteiger partial charge is 0.420 e. The molecule has 1 rings (SSSR count). The van der Waals surface area contributed by atoms with Crippen LogP contribution < -0.4 is 0 Å². The number of aromatic amines is 1. The summed E-state index contributed by atoms with van der Waals surface area (Å²) in [6.45, 7) is 0. The van der Waals surface area contributed by atoms with Crippen molar-refractivity contribution < 1.29 is 18.3 Å². The Labute approximate surface area is 73.7 Å². The zero-order valence-electron chi connectivity index (χ0n) is 5.56. The predicted molar refractivity (Wildman–Crippen MR) is 37.3 cm³/mol. The lowest BCUT2D eigenvalue weighted by Crippen LogP contribution is -2.20. The molecule has 0 fully saturated rings. The Morgan fingerprint density at radius 1 is 1.58 bits per heavy atom. The highest BCUT2D eigenvalue weighted by Crippen LogP contribution is 2.34. The third-order valence-corrected chi connectivity index (χ3v) is 1.84. The third-order valence-electron chi connectivity index (χ3n) is 1.20. The molecule has 1 aromatic rings. The summed E-state index contributed by atoms with van der Waals surface area (Å²) in [5.74, 6) is 0. The Morgan fingerprint density at radius 2 is 2.17 bits per heavy atom. The maximum Gasteiger partial charge on any atom is 0.420 e. The van der Waals surface area contributed by atoms with Gasteiger partial charge in [0.15, 0.2) is 6.10 Å². The molecule has 0 aliphatic rings. The normalized spacial score (nSPS) is 14.8. The van der Waals surface area contributed by atoms with Crippen molar-refractivity contribution in [3.05, 3.63) is 16.4 Å². The van der Waals surface area contributed by atoms with Crippen molar-refractivity contribution >= 4 is 15.9 Å². The van der Waals surface area contributed by atoms with Gasteiger partial charge < -0.3 is 5.11 Å². The minimum absolute atomic E-state index is 0.104. The highest BCUT2D eigenvalue weighted by atomic mass is 79.9. The summed E-state index contributed by atoms with van der Waals surface area (Å²) in [6.07, 6.45) is -6.05. The molecular weight excluding hydrogens is 241 g/mol. The molecule has 7 heteroatoms. The number of aliphatic hydroxyl groups is 1. The lowest BCUT2D eigenvalue weighted by atomic mass is 10.2. The lowest BCUT2D eigenvalue weighted by molar-refractivity contribution is -0.208. The van der Waals surface area contributed by atoms with Crippen LogP contribution in [0.4, 0.5) is 13.2 Å². The molecule has 12 heavy (non-hydrogen) atoms. The van der Waals surface area contributed by atoms with Gasteiger partial charge in [-0.3, -0.25) is 5.10 Å². The molecule has 0 aromatic carbocycles. The van der Waals surface area contributed by atoms with Gasteiger partial charge >= 0.3 is 6.18 Å². The Morgan fingerprint density at radius 3 is 2.50 bits per heavy atom. The summed E-state index contributed by atoms with van der Waals surface area (Å²) < 4.78 is 35.7. The topological polar surface area (TPSA) is 48.9 Å². The second-order valence-corrected chi connectivity index (χ2v) is 2.93. The molecule has 0 saturated carbocycles. The fourth-order valence-corrected chi connectivity index (χ4v) is 1.04. The zero-order valence-corrected chi connectivity index (χ0v) is 7.15. The van der Waals surface area contributed by atoms with Crippen molar-refractivity contribution in [3.63, 3.8) is 0 Å². The van der Waals surface area contributed by atoms with Gasteiger partial charge in [0.25, 0.3) is 0 Å². The van der Waals surface area contributed by atoms with Crippen LogP contribution in [0, 0.1) is 0 Å². The number of aromatic nitrogens is 2. The van der Waals surface area contributed by atoms with Gasteiger partial charge in [-0.05, 0) is 15.9 Å². The Kier molecular flexibility index (Phi) is 2.43. The fourth-order valence-electron chi connectivity index (χ4n) is 0.637. The van der Waals surface area contributed by atoms with Crippen LogP contribution in [0.15, 0.2) is 10.7 Å². The molecule has 3 nitrogen and oxygen atoms in total.